The molecule has 21 heavy (non-hydrogen) atoms. The Morgan fingerprint density at radius 2 is 2.05 bits per heavy atom. The summed E-state index contributed by atoms with van der Waals surface area (Å²) in [7, 11) is 0. The topological polar surface area (TPSA) is 37.3 Å². The average Bonchev–Trinajstić information content (AvgIpc) is 2.51. The second kappa shape index (κ2) is 8.78. The largest absolute Gasteiger partial charge is 0.389 e. The lowest BCUT2D eigenvalue weighted by Gasteiger charge is -2.17. The highest BCUT2D eigenvalue weighted by atomic mass is 16.3. The van der Waals surface area contributed by atoms with Crippen LogP contribution in [-0.4, -0.2) is 17.0 Å². The van der Waals surface area contributed by atoms with Crippen molar-refractivity contribution in [3.63, 3.8) is 0 Å². The van der Waals surface area contributed by atoms with Crippen LogP contribution in [0.2, 0.25) is 0 Å². The van der Waals surface area contributed by atoms with Gasteiger partial charge in [-0.1, -0.05) is 48.9 Å². The molecule has 0 heterocycles. The van der Waals surface area contributed by atoms with Crippen LogP contribution in [0.3, 0.4) is 0 Å². The Balaban J connectivity index is 1.61. The molecule has 2 atom stereocenters. The number of hydrogen-bond donors (Lipinski definition) is 1. The smallest absolute Gasteiger partial charge is 0.133 e. The Bertz CT molecular complexity index is 450. The molecule has 1 saturated carbocycles. The molecule has 0 bridgehead atoms. The van der Waals surface area contributed by atoms with E-state index in [1.807, 2.05) is 12.1 Å². The van der Waals surface area contributed by atoms with Gasteiger partial charge in [-0.2, -0.15) is 0 Å². The van der Waals surface area contributed by atoms with Gasteiger partial charge < -0.3 is 5.11 Å². The molecule has 1 aromatic rings. The summed E-state index contributed by atoms with van der Waals surface area (Å²) in [5.74, 6) is 0.721. The number of Topliss-reactive ketones (excluding diaryl/α,β-unsaturated/α-hetero) is 1. The lowest BCUT2D eigenvalue weighted by atomic mass is 9.88. The fourth-order valence-electron chi connectivity index (χ4n) is 2.93. The third kappa shape index (κ3) is 6.26. The van der Waals surface area contributed by atoms with E-state index < -0.39 is 0 Å². The van der Waals surface area contributed by atoms with E-state index in [-0.39, 0.29) is 6.10 Å². The maximum Gasteiger partial charge on any atom is 0.133 e. The zero-order valence-electron chi connectivity index (χ0n) is 12.7. The summed E-state index contributed by atoms with van der Waals surface area (Å²) in [5, 5.41) is 9.97. The Hall–Kier alpha value is -1.41. The fourth-order valence-corrected chi connectivity index (χ4v) is 2.93. The SMILES string of the molecule is O=C1CCCC(/C=C/C(O)CCCCc2ccccc2)C1. The highest BCUT2D eigenvalue weighted by Gasteiger charge is 2.16. The molecule has 1 aliphatic rings. The van der Waals surface area contributed by atoms with Crippen molar-refractivity contribution in [2.24, 2.45) is 5.92 Å². The molecule has 2 heteroatoms. The summed E-state index contributed by atoms with van der Waals surface area (Å²) in [5.41, 5.74) is 1.36. The highest BCUT2D eigenvalue weighted by Crippen LogP contribution is 2.22. The molecule has 1 aliphatic carbocycles. The predicted octanol–water partition coefficient (Wildman–Crippen LogP) is 4.08. The number of rotatable bonds is 7. The van der Waals surface area contributed by atoms with E-state index >= 15 is 0 Å². The van der Waals surface area contributed by atoms with Crippen LogP contribution in [0.25, 0.3) is 0 Å². The normalized spacial score (nSPS) is 20.8. The van der Waals surface area contributed by atoms with E-state index in [9.17, 15) is 9.90 Å². The quantitative estimate of drug-likeness (QED) is 0.606. The number of allylic oxidation sites excluding steroid dienone is 1. The monoisotopic (exact) mass is 286 g/mol. The molecule has 114 valence electrons. The second-order valence-corrected chi connectivity index (χ2v) is 6.08. The van der Waals surface area contributed by atoms with Gasteiger partial charge in [-0.15, -0.1) is 0 Å². The Kier molecular flexibility index (Phi) is 6.68. The van der Waals surface area contributed by atoms with Crippen molar-refractivity contribution < 1.29 is 9.90 Å². The first-order chi connectivity index (χ1) is 10.2. The lowest BCUT2D eigenvalue weighted by Crippen LogP contribution is -2.13. The van der Waals surface area contributed by atoms with Gasteiger partial charge in [0.1, 0.15) is 5.78 Å². The van der Waals surface area contributed by atoms with E-state index in [0.29, 0.717) is 18.1 Å². The molecule has 2 nitrogen and oxygen atoms in total. The van der Waals surface area contributed by atoms with Gasteiger partial charge in [0.15, 0.2) is 0 Å². The summed E-state index contributed by atoms with van der Waals surface area (Å²) in [4.78, 5) is 11.4. The molecular weight excluding hydrogens is 260 g/mol. The summed E-state index contributed by atoms with van der Waals surface area (Å²) >= 11 is 0. The number of hydrogen-bond acceptors (Lipinski definition) is 2. The number of aliphatic hydroxyl groups excluding tert-OH is 1. The molecule has 2 rings (SSSR count). The minimum Gasteiger partial charge on any atom is -0.389 e. The third-order valence-corrected chi connectivity index (χ3v) is 4.18. The van der Waals surface area contributed by atoms with Crippen LogP contribution in [0.15, 0.2) is 42.5 Å². The summed E-state index contributed by atoms with van der Waals surface area (Å²) in [6.45, 7) is 0. The number of unbranched alkanes of at least 4 members (excludes halogenated alkanes) is 1. The molecular formula is C19H26O2. The Morgan fingerprint density at radius 3 is 2.81 bits per heavy atom. The van der Waals surface area contributed by atoms with Crippen molar-refractivity contribution in [2.45, 2.75) is 57.5 Å². The van der Waals surface area contributed by atoms with E-state index in [1.54, 1.807) is 0 Å². The first-order valence-corrected chi connectivity index (χ1v) is 8.16. The van der Waals surface area contributed by atoms with Crippen LogP contribution in [-0.2, 0) is 11.2 Å². The zero-order valence-corrected chi connectivity index (χ0v) is 12.7. The van der Waals surface area contributed by atoms with E-state index in [4.69, 9.17) is 0 Å². The van der Waals surface area contributed by atoms with Crippen molar-refractivity contribution in [2.75, 3.05) is 0 Å². The predicted molar refractivity (Wildman–Crippen MR) is 86.1 cm³/mol. The van der Waals surface area contributed by atoms with Crippen molar-refractivity contribution in [3.8, 4) is 0 Å². The maximum absolute atomic E-state index is 11.4. The third-order valence-electron chi connectivity index (χ3n) is 4.18. The lowest BCUT2D eigenvalue weighted by molar-refractivity contribution is -0.121. The highest BCUT2D eigenvalue weighted by molar-refractivity contribution is 5.79. The van der Waals surface area contributed by atoms with Crippen molar-refractivity contribution in [1.29, 1.82) is 0 Å². The summed E-state index contributed by atoms with van der Waals surface area (Å²) < 4.78 is 0. The average molecular weight is 286 g/mol. The van der Waals surface area contributed by atoms with E-state index in [0.717, 1.165) is 44.9 Å². The fraction of sp³-hybridized carbons (Fsp3) is 0.526. The number of carbonyl (C=O) groups excluding carboxylic acids is 1. The van der Waals surface area contributed by atoms with Crippen LogP contribution in [0.1, 0.15) is 50.5 Å². The number of benzene rings is 1. The molecule has 2 unspecified atom stereocenters. The molecule has 1 N–H and O–H groups in total. The summed E-state index contributed by atoms with van der Waals surface area (Å²) in [6.07, 6.45) is 11.1. The van der Waals surface area contributed by atoms with Crippen LogP contribution < -0.4 is 0 Å². The van der Waals surface area contributed by atoms with Crippen LogP contribution in [0.5, 0.6) is 0 Å². The number of aryl methyl sites for hydroxylation is 1. The number of ketones is 1. The molecule has 1 fully saturated rings. The van der Waals surface area contributed by atoms with Gasteiger partial charge in [0.05, 0.1) is 6.10 Å². The molecule has 1 aromatic carbocycles. The van der Waals surface area contributed by atoms with Gasteiger partial charge in [0.2, 0.25) is 0 Å². The minimum atomic E-state index is -0.363. The van der Waals surface area contributed by atoms with Gasteiger partial charge in [-0.25, -0.2) is 0 Å². The molecule has 0 saturated heterocycles. The van der Waals surface area contributed by atoms with Crippen LogP contribution >= 0.6 is 0 Å². The van der Waals surface area contributed by atoms with Gasteiger partial charge in [0, 0.05) is 12.8 Å². The van der Waals surface area contributed by atoms with Crippen molar-refractivity contribution >= 4 is 5.78 Å². The van der Waals surface area contributed by atoms with Crippen LogP contribution in [0, 0.1) is 5.92 Å². The van der Waals surface area contributed by atoms with Gasteiger partial charge in [0.25, 0.3) is 0 Å². The van der Waals surface area contributed by atoms with Gasteiger partial charge in [-0.3, -0.25) is 4.79 Å². The maximum atomic E-state index is 11.4. The van der Waals surface area contributed by atoms with E-state index in [2.05, 4.69) is 30.3 Å². The minimum absolute atomic E-state index is 0.352. The van der Waals surface area contributed by atoms with Crippen LogP contribution in [0.4, 0.5) is 0 Å². The van der Waals surface area contributed by atoms with E-state index in [1.165, 1.54) is 5.56 Å². The molecule has 0 aliphatic heterocycles. The van der Waals surface area contributed by atoms with Crippen molar-refractivity contribution in [3.05, 3.63) is 48.0 Å². The molecule has 0 spiro atoms. The molecule has 0 aromatic heterocycles. The first kappa shape index (κ1) is 16.0. The molecule has 0 amide bonds. The Morgan fingerprint density at radius 1 is 1.24 bits per heavy atom. The standard InChI is InChI=1S/C19H26O2/c20-18(14-13-17-10-6-12-19(21)15-17)11-5-4-9-16-7-2-1-3-8-16/h1-3,7-8,13-14,17-18,20H,4-6,9-12,15H2/b14-13+. The van der Waals surface area contributed by atoms with Crippen molar-refractivity contribution in [1.82, 2.24) is 0 Å². The first-order valence-electron chi connectivity index (χ1n) is 8.16. The number of carbonyl (C=O) groups is 1. The second-order valence-electron chi connectivity index (χ2n) is 6.08. The zero-order chi connectivity index (χ0) is 14.9. The molecule has 0 radical (unpaired) electrons. The van der Waals surface area contributed by atoms with Gasteiger partial charge in [-0.05, 0) is 43.6 Å². The van der Waals surface area contributed by atoms with Gasteiger partial charge >= 0.3 is 0 Å². The summed E-state index contributed by atoms with van der Waals surface area (Å²) in [6, 6.07) is 10.5. The Labute approximate surface area is 127 Å². The number of aliphatic hydroxyl groups is 1.